The summed E-state index contributed by atoms with van der Waals surface area (Å²) in [6.45, 7) is 1.87. The first-order valence-electron chi connectivity index (χ1n) is 8.65. The highest BCUT2D eigenvalue weighted by Gasteiger charge is 2.55. The molecule has 7 heteroatoms. The van der Waals surface area contributed by atoms with Gasteiger partial charge >= 0.3 is 0 Å². The molecule has 2 fully saturated rings. The first kappa shape index (κ1) is 16.2. The molecule has 2 aliphatic rings. The van der Waals surface area contributed by atoms with Crippen LogP contribution in [0.1, 0.15) is 35.2 Å². The normalized spacial score (nSPS) is 24.7. The number of benzene rings is 1. The summed E-state index contributed by atoms with van der Waals surface area (Å²) < 4.78 is 7.13. The molecule has 1 aliphatic carbocycles. The van der Waals surface area contributed by atoms with E-state index < -0.39 is 0 Å². The summed E-state index contributed by atoms with van der Waals surface area (Å²) in [5.41, 5.74) is 1.40. The number of aromatic nitrogens is 3. The topological polar surface area (TPSA) is 89.3 Å². The fourth-order valence-corrected chi connectivity index (χ4v) is 3.95. The molecule has 1 saturated heterocycles. The zero-order valence-corrected chi connectivity index (χ0v) is 14.0. The average molecular weight is 342 g/mol. The number of nitrogens with zero attached hydrogens (tertiary/aromatic N) is 3. The van der Waals surface area contributed by atoms with Crippen LogP contribution in [0.15, 0.2) is 36.9 Å². The fraction of sp³-hybridized carbons (Fsp3) is 0.500. The van der Waals surface area contributed by atoms with Gasteiger partial charge in [-0.2, -0.15) is 5.10 Å². The van der Waals surface area contributed by atoms with Crippen LogP contribution in [-0.4, -0.2) is 51.1 Å². The molecule has 1 spiro atoms. The summed E-state index contributed by atoms with van der Waals surface area (Å²) in [6.07, 6.45) is 5.00. The molecule has 1 saturated carbocycles. The minimum Gasteiger partial charge on any atom is -0.392 e. The Morgan fingerprint density at radius 1 is 1.40 bits per heavy atom. The fourth-order valence-electron chi connectivity index (χ4n) is 3.95. The van der Waals surface area contributed by atoms with E-state index in [4.69, 9.17) is 4.74 Å². The molecule has 25 heavy (non-hydrogen) atoms. The molecule has 0 unspecified atom stereocenters. The van der Waals surface area contributed by atoms with Gasteiger partial charge in [0.15, 0.2) is 0 Å². The van der Waals surface area contributed by atoms with Crippen molar-refractivity contribution in [1.82, 2.24) is 20.1 Å². The molecule has 4 rings (SSSR count). The van der Waals surface area contributed by atoms with Crippen molar-refractivity contribution >= 4 is 5.91 Å². The summed E-state index contributed by atoms with van der Waals surface area (Å²) in [5, 5.41) is 17.5. The summed E-state index contributed by atoms with van der Waals surface area (Å²) in [5.74, 6) is -0.0943. The molecule has 1 aromatic heterocycles. The van der Waals surface area contributed by atoms with Crippen molar-refractivity contribution in [1.29, 1.82) is 0 Å². The summed E-state index contributed by atoms with van der Waals surface area (Å²) >= 11 is 0. The van der Waals surface area contributed by atoms with E-state index in [2.05, 4.69) is 15.4 Å². The minimum atomic E-state index is -0.347. The lowest BCUT2D eigenvalue weighted by molar-refractivity contribution is -0.145. The lowest BCUT2D eigenvalue weighted by Gasteiger charge is -2.55. The standard InChI is InChI=1S/C18H22N4O3/c23-16-9-15(18(16)4-6-25-7-5-18)21-17(24)14-3-1-2-13(8-14)10-22-12-19-11-20-22/h1-3,8,11-12,15-16,23H,4-7,9-10H2,(H,21,24)/t15-,16-/m1/s1. The van der Waals surface area contributed by atoms with E-state index in [0.29, 0.717) is 31.7 Å². The number of nitrogens with one attached hydrogen (secondary N) is 1. The Morgan fingerprint density at radius 3 is 2.96 bits per heavy atom. The van der Waals surface area contributed by atoms with Crippen LogP contribution in [0.2, 0.25) is 0 Å². The van der Waals surface area contributed by atoms with Gasteiger partial charge in [-0.25, -0.2) is 9.67 Å². The number of ether oxygens (including phenoxy) is 1. The Morgan fingerprint density at radius 2 is 2.24 bits per heavy atom. The Bertz CT molecular complexity index is 741. The van der Waals surface area contributed by atoms with Gasteiger partial charge in [0.2, 0.25) is 0 Å². The van der Waals surface area contributed by atoms with Gasteiger partial charge in [0.05, 0.1) is 12.6 Å². The summed E-state index contributed by atoms with van der Waals surface area (Å²) in [6, 6.07) is 7.54. The molecule has 2 heterocycles. The molecule has 0 bridgehead atoms. The molecule has 1 aromatic carbocycles. The van der Waals surface area contributed by atoms with Gasteiger partial charge in [-0.3, -0.25) is 4.79 Å². The predicted octanol–water partition coefficient (Wildman–Crippen LogP) is 0.986. The molecule has 2 aromatic rings. The minimum absolute atomic E-state index is 0.0119. The second-order valence-corrected chi connectivity index (χ2v) is 6.92. The molecule has 2 N–H and O–H groups in total. The Labute approximate surface area is 146 Å². The lowest BCUT2D eigenvalue weighted by Crippen LogP contribution is -2.65. The molecule has 2 atom stereocenters. The second kappa shape index (κ2) is 6.57. The molecular weight excluding hydrogens is 320 g/mol. The number of aliphatic hydroxyl groups excluding tert-OH is 1. The highest BCUT2D eigenvalue weighted by Crippen LogP contribution is 2.49. The van der Waals surface area contributed by atoms with Crippen molar-refractivity contribution in [3.63, 3.8) is 0 Å². The van der Waals surface area contributed by atoms with Gasteiger partial charge in [0, 0.05) is 30.2 Å². The van der Waals surface area contributed by atoms with Crippen molar-refractivity contribution in [2.45, 2.75) is 38.0 Å². The van der Waals surface area contributed by atoms with Crippen molar-refractivity contribution in [3.8, 4) is 0 Å². The van der Waals surface area contributed by atoms with Crippen LogP contribution in [0, 0.1) is 5.41 Å². The van der Waals surface area contributed by atoms with Gasteiger partial charge in [-0.05, 0) is 37.0 Å². The van der Waals surface area contributed by atoms with Crippen LogP contribution in [0.5, 0.6) is 0 Å². The van der Waals surface area contributed by atoms with E-state index >= 15 is 0 Å². The van der Waals surface area contributed by atoms with Crippen LogP contribution in [0.3, 0.4) is 0 Å². The van der Waals surface area contributed by atoms with Gasteiger partial charge in [0.25, 0.3) is 5.91 Å². The highest BCUT2D eigenvalue weighted by molar-refractivity contribution is 5.94. The van der Waals surface area contributed by atoms with Crippen molar-refractivity contribution in [2.75, 3.05) is 13.2 Å². The number of amides is 1. The maximum absolute atomic E-state index is 12.7. The van der Waals surface area contributed by atoms with Gasteiger partial charge in [0.1, 0.15) is 12.7 Å². The van der Waals surface area contributed by atoms with E-state index in [1.807, 2.05) is 24.3 Å². The van der Waals surface area contributed by atoms with Crippen molar-refractivity contribution in [3.05, 3.63) is 48.0 Å². The second-order valence-electron chi connectivity index (χ2n) is 6.92. The van der Waals surface area contributed by atoms with Gasteiger partial charge < -0.3 is 15.2 Å². The molecule has 7 nitrogen and oxygen atoms in total. The quantitative estimate of drug-likeness (QED) is 0.865. The summed E-state index contributed by atoms with van der Waals surface area (Å²) in [7, 11) is 0. The zero-order valence-electron chi connectivity index (χ0n) is 14.0. The smallest absolute Gasteiger partial charge is 0.251 e. The van der Waals surface area contributed by atoms with Crippen LogP contribution in [0.4, 0.5) is 0 Å². The van der Waals surface area contributed by atoms with Gasteiger partial charge in [-0.15, -0.1) is 0 Å². The first-order chi connectivity index (χ1) is 12.2. The first-order valence-corrected chi connectivity index (χ1v) is 8.65. The number of carbonyl (C=O) groups excluding carboxylic acids is 1. The zero-order chi connectivity index (χ0) is 17.3. The third-order valence-electron chi connectivity index (χ3n) is 5.55. The Balaban J connectivity index is 1.44. The van der Waals surface area contributed by atoms with Crippen LogP contribution < -0.4 is 5.32 Å². The highest BCUT2D eigenvalue weighted by atomic mass is 16.5. The third kappa shape index (κ3) is 3.05. The predicted molar refractivity (Wildman–Crippen MR) is 89.9 cm³/mol. The number of aliphatic hydroxyl groups is 1. The largest absolute Gasteiger partial charge is 0.392 e. The van der Waals surface area contributed by atoms with E-state index in [9.17, 15) is 9.90 Å². The van der Waals surface area contributed by atoms with Gasteiger partial charge in [-0.1, -0.05) is 12.1 Å². The Kier molecular flexibility index (Phi) is 4.27. The van der Waals surface area contributed by atoms with E-state index in [1.165, 1.54) is 6.33 Å². The molecule has 1 amide bonds. The molecular formula is C18H22N4O3. The maximum Gasteiger partial charge on any atom is 0.251 e. The number of hydrogen-bond acceptors (Lipinski definition) is 5. The number of rotatable bonds is 4. The van der Waals surface area contributed by atoms with Crippen molar-refractivity contribution < 1.29 is 14.6 Å². The van der Waals surface area contributed by atoms with E-state index in [1.54, 1.807) is 11.0 Å². The maximum atomic E-state index is 12.7. The lowest BCUT2D eigenvalue weighted by atomic mass is 9.58. The SMILES string of the molecule is O=C(N[C@@H]1C[C@@H](O)C12CCOCC2)c1cccc(Cn2cncn2)c1. The average Bonchev–Trinajstić information content (AvgIpc) is 3.15. The van der Waals surface area contributed by atoms with Crippen molar-refractivity contribution in [2.24, 2.45) is 5.41 Å². The third-order valence-corrected chi connectivity index (χ3v) is 5.55. The monoisotopic (exact) mass is 342 g/mol. The summed E-state index contributed by atoms with van der Waals surface area (Å²) in [4.78, 5) is 16.6. The number of hydrogen-bond donors (Lipinski definition) is 2. The van der Waals surface area contributed by atoms with E-state index in [0.717, 1.165) is 18.4 Å². The van der Waals surface area contributed by atoms with Crippen LogP contribution in [0.25, 0.3) is 0 Å². The molecule has 132 valence electrons. The van der Waals surface area contributed by atoms with Crippen LogP contribution >= 0.6 is 0 Å². The van der Waals surface area contributed by atoms with E-state index in [-0.39, 0.29) is 23.5 Å². The molecule has 1 aliphatic heterocycles. The van der Waals surface area contributed by atoms with Crippen LogP contribution in [-0.2, 0) is 11.3 Å². The number of carbonyl (C=O) groups is 1. The molecule has 0 radical (unpaired) electrons. The Hall–Kier alpha value is -2.25.